The summed E-state index contributed by atoms with van der Waals surface area (Å²) in [5.41, 5.74) is 2.01. The number of rotatable bonds is 4. The second kappa shape index (κ2) is 5.58. The molecule has 0 saturated carbocycles. The van der Waals surface area contributed by atoms with Crippen LogP contribution < -0.4 is 0 Å². The smallest absolute Gasteiger partial charge is 0.317 e. The molecule has 1 N–H and O–H groups in total. The maximum atomic E-state index is 11.1. The summed E-state index contributed by atoms with van der Waals surface area (Å²) in [5, 5.41) is 18.5. The van der Waals surface area contributed by atoms with Gasteiger partial charge in [-0.3, -0.25) is 9.69 Å². The number of aliphatic carboxylic acids is 1. The van der Waals surface area contributed by atoms with Crippen molar-refractivity contribution in [3.63, 3.8) is 0 Å². The Bertz CT molecular complexity index is 704. The summed E-state index contributed by atoms with van der Waals surface area (Å²) in [5.74, 6) is -0.868. The van der Waals surface area contributed by atoms with Crippen molar-refractivity contribution in [2.45, 2.75) is 32.9 Å². The van der Waals surface area contributed by atoms with Crippen LogP contribution in [0.5, 0.6) is 0 Å². The minimum Gasteiger partial charge on any atom is -0.480 e. The van der Waals surface area contributed by atoms with Gasteiger partial charge >= 0.3 is 5.97 Å². The van der Waals surface area contributed by atoms with Crippen LogP contribution in [0, 0.1) is 11.3 Å². The Kier molecular flexibility index (Phi) is 4.01. The fourth-order valence-electron chi connectivity index (χ4n) is 2.33. The maximum absolute atomic E-state index is 11.1. The highest BCUT2D eigenvalue weighted by atomic mass is 16.4. The van der Waals surface area contributed by atoms with Crippen LogP contribution in [0.1, 0.15) is 31.9 Å². The molecule has 0 spiro atoms. The monoisotopic (exact) mass is 285 g/mol. The first-order valence-corrected chi connectivity index (χ1v) is 6.78. The Morgan fingerprint density at radius 2 is 2.14 bits per heavy atom. The number of hydrogen-bond acceptors (Lipinski definition) is 3. The zero-order valence-corrected chi connectivity index (χ0v) is 12.5. The lowest BCUT2D eigenvalue weighted by Gasteiger charge is -2.34. The van der Waals surface area contributed by atoms with Crippen molar-refractivity contribution in [1.29, 1.82) is 5.26 Å². The van der Waals surface area contributed by atoms with E-state index in [-0.39, 0.29) is 12.1 Å². The summed E-state index contributed by atoms with van der Waals surface area (Å²) in [6.45, 7) is 6.29. The standard InChI is InChI=1S/C16H19N3O2/c1-16(2,3)19(11-15(20)21)10-12-9-18-7-5-4-6-14(18)13(12)8-17/h4-7,9H,10-11H2,1-3H3,(H,20,21). The van der Waals surface area contributed by atoms with Crippen LogP contribution in [-0.2, 0) is 11.3 Å². The molecule has 0 fully saturated rings. The molecule has 5 nitrogen and oxygen atoms in total. The van der Waals surface area contributed by atoms with Crippen molar-refractivity contribution < 1.29 is 9.90 Å². The molecule has 0 aliphatic carbocycles. The van der Waals surface area contributed by atoms with Crippen LogP contribution >= 0.6 is 0 Å². The molecule has 0 unspecified atom stereocenters. The Morgan fingerprint density at radius 1 is 1.43 bits per heavy atom. The van der Waals surface area contributed by atoms with Gasteiger partial charge in [0.1, 0.15) is 6.07 Å². The van der Waals surface area contributed by atoms with Crippen molar-refractivity contribution in [2.24, 2.45) is 0 Å². The number of carboxylic acids is 1. The molecule has 0 aliphatic heterocycles. The molecule has 0 aliphatic rings. The van der Waals surface area contributed by atoms with Gasteiger partial charge < -0.3 is 9.51 Å². The molecule has 110 valence electrons. The first kappa shape index (κ1) is 15.1. The van der Waals surface area contributed by atoms with Crippen LogP contribution in [0.2, 0.25) is 0 Å². The Labute approximate surface area is 124 Å². The number of carbonyl (C=O) groups is 1. The summed E-state index contributed by atoms with van der Waals surface area (Å²) >= 11 is 0. The molecule has 21 heavy (non-hydrogen) atoms. The largest absolute Gasteiger partial charge is 0.480 e. The predicted molar refractivity (Wildman–Crippen MR) is 79.9 cm³/mol. The first-order valence-electron chi connectivity index (χ1n) is 6.78. The quantitative estimate of drug-likeness (QED) is 0.937. The number of nitriles is 1. The second-order valence-corrected chi connectivity index (χ2v) is 6.05. The van der Waals surface area contributed by atoms with E-state index in [1.807, 2.05) is 60.7 Å². The predicted octanol–water partition coefficient (Wildman–Crippen LogP) is 2.50. The molecule has 0 atom stereocenters. The summed E-state index contributed by atoms with van der Waals surface area (Å²) in [6, 6.07) is 7.91. The zero-order valence-electron chi connectivity index (χ0n) is 12.5. The molecule has 2 aromatic rings. The zero-order chi connectivity index (χ0) is 15.6. The third-order valence-electron chi connectivity index (χ3n) is 3.51. The van der Waals surface area contributed by atoms with Gasteiger partial charge in [0, 0.05) is 30.0 Å². The minimum absolute atomic E-state index is 0.0550. The highest BCUT2D eigenvalue weighted by Gasteiger charge is 2.25. The summed E-state index contributed by atoms with van der Waals surface area (Å²) < 4.78 is 1.90. The van der Waals surface area contributed by atoms with E-state index >= 15 is 0 Å². The number of hydrogen-bond donors (Lipinski definition) is 1. The molecule has 2 rings (SSSR count). The average molecular weight is 285 g/mol. The van der Waals surface area contributed by atoms with Crippen molar-refractivity contribution in [1.82, 2.24) is 9.30 Å². The summed E-state index contributed by atoms with van der Waals surface area (Å²) in [4.78, 5) is 12.9. The topological polar surface area (TPSA) is 68.7 Å². The van der Waals surface area contributed by atoms with E-state index in [0.29, 0.717) is 12.1 Å². The molecular formula is C16H19N3O2. The van der Waals surface area contributed by atoms with E-state index in [2.05, 4.69) is 6.07 Å². The summed E-state index contributed by atoms with van der Waals surface area (Å²) in [6.07, 6.45) is 3.78. The van der Waals surface area contributed by atoms with E-state index in [1.54, 1.807) is 0 Å². The number of pyridine rings is 1. The van der Waals surface area contributed by atoms with E-state index in [1.165, 1.54) is 0 Å². The SMILES string of the molecule is CC(C)(C)N(CC(=O)O)Cc1cn2ccccc2c1C#N. The van der Waals surface area contributed by atoms with Gasteiger partial charge in [0.2, 0.25) is 0 Å². The van der Waals surface area contributed by atoms with Gasteiger partial charge in [-0.2, -0.15) is 5.26 Å². The molecule has 0 saturated heterocycles. The fourth-order valence-corrected chi connectivity index (χ4v) is 2.33. The van der Waals surface area contributed by atoms with Crippen molar-refractivity contribution >= 4 is 11.5 Å². The highest BCUT2D eigenvalue weighted by molar-refractivity contribution is 5.69. The lowest BCUT2D eigenvalue weighted by Crippen LogP contribution is -2.43. The molecule has 0 radical (unpaired) electrons. The molecular weight excluding hydrogens is 266 g/mol. The fraction of sp³-hybridized carbons (Fsp3) is 0.375. The highest BCUT2D eigenvalue weighted by Crippen LogP contribution is 2.23. The first-order chi connectivity index (χ1) is 9.82. The van der Waals surface area contributed by atoms with Crippen LogP contribution in [0.25, 0.3) is 5.52 Å². The average Bonchev–Trinajstić information content (AvgIpc) is 2.73. The molecule has 0 bridgehead atoms. The third kappa shape index (κ3) is 3.23. The number of fused-ring (bicyclic) bond motifs is 1. The summed E-state index contributed by atoms with van der Waals surface area (Å²) in [7, 11) is 0. The number of carboxylic acid groups (broad SMARTS) is 1. The lowest BCUT2D eigenvalue weighted by atomic mass is 10.0. The molecule has 0 amide bonds. The van der Waals surface area contributed by atoms with Gasteiger partial charge in [-0.05, 0) is 32.9 Å². The lowest BCUT2D eigenvalue weighted by molar-refractivity contribution is -0.139. The Morgan fingerprint density at radius 3 is 2.71 bits per heavy atom. The van der Waals surface area contributed by atoms with E-state index < -0.39 is 5.97 Å². The van der Waals surface area contributed by atoms with Crippen LogP contribution in [0.4, 0.5) is 0 Å². The van der Waals surface area contributed by atoms with Gasteiger partial charge in [-0.1, -0.05) is 6.07 Å². The third-order valence-corrected chi connectivity index (χ3v) is 3.51. The van der Waals surface area contributed by atoms with Crippen LogP contribution in [-0.4, -0.2) is 32.5 Å². The minimum atomic E-state index is -0.868. The van der Waals surface area contributed by atoms with E-state index in [0.717, 1.165) is 11.1 Å². The van der Waals surface area contributed by atoms with Crippen molar-refractivity contribution in [2.75, 3.05) is 6.54 Å². The van der Waals surface area contributed by atoms with E-state index in [9.17, 15) is 10.1 Å². The van der Waals surface area contributed by atoms with Crippen molar-refractivity contribution in [3.05, 3.63) is 41.7 Å². The maximum Gasteiger partial charge on any atom is 0.317 e. The van der Waals surface area contributed by atoms with E-state index in [4.69, 9.17) is 5.11 Å². The van der Waals surface area contributed by atoms with Crippen LogP contribution in [0.15, 0.2) is 30.6 Å². The van der Waals surface area contributed by atoms with Gasteiger partial charge in [-0.25, -0.2) is 0 Å². The Balaban J connectivity index is 2.41. The number of nitrogens with zero attached hydrogens (tertiary/aromatic N) is 3. The van der Waals surface area contributed by atoms with Crippen molar-refractivity contribution in [3.8, 4) is 6.07 Å². The van der Waals surface area contributed by atoms with Gasteiger partial charge in [0.15, 0.2) is 0 Å². The normalized spacial score (nSPS) is 11.8. The second-order valence-electron chi connectivity index (χ2n) is 6.05. The molecule has 5 heteroatoms. The van der Waals surface area contributed by atoms with Crippen LogP contribution in [0.3, 0.4) is 0 Å². The van der Waals surface area contributed by atoms with Gasteiger partial charge in [0.25, 0.3) is 0 Å². The van der Waals surface area contributed by atoms with Gasteiger partial charge in [0.05, 0.1) is 17.6 Å². The molecule has 0 aromatic carbocycles. The molecule has 2 aromatic heterocycles. The van der Waals surface area contributed by atoms with Gasteiger partial charge in [-0.15, -0.1) is 0 Å². The number of aromatic nitrogens is 1. The Hall–Kier alpha value is -2.32. The molecule has 2 heterocycles.